The Balaban J connectivity index is 1.61. The minimum atomic E-state index is -3.66. The third-order valence-corrected chi connectivity index (χ3v) is 7.27. The van der Waals surface area contributed by atoms with Gasteiger partial charge >= 0.3 is 0 Å². The minimum absolute atomic E-state index is 0.274. The predicted octanol–water partition coefficient (Wildman–Crippen LogP) is 2.80. The Morgan fingerprint density at radius 1 is 1.27 bits per heavy atom. The van der Waals surface area contributed by atoms with Crippen molar-refractivity contribution in [3.8, 4) is 11.8 Å². The number of aromatic amines is 1. The fourth-order valence-corrected chi connectivity index (χ4v) is 5.40. The molecule has 2 aliphatic carbocycles. The van der Waals surface area contributed by atoms with E-state index in [4.69, 9.17) is 5.11 Å². The monoisotopic (exact) mass is 468 g/mol. The number of rotatable bonds is 6. The average Bonchev–Trinajstić information content (AvgIpc) is 3.34. The molecule has 0 aromatic carbocycles. The largest absolute Gasteiger partial charge is 0.384 e. The molecule has 1 fully saturated rings. The number of H-pyrrole nitrogens is 1. The highest BCUT2D eigenvalue weighted by Crippen LogP contribution is 2.40. The van der Waals surface area contributed by atoms with Gasteiger partial charge < -0.3 is 10.4 Å². The summed E-state index contributed by atoms with van der Waals surface area (Å²) in [6.07, 6.45) is 7.20. The molecule has 4 rings (SSSR count). The maximum absolute atomic E-state index is 12.9. The number of anilines is 2. The zero-order valence-corrected chi connectivity index (χ0v) is 19.9. The molecule has 9 nitrogen and oxygen atoms in total. The van der Waals surface area contributed by atoms with E-state index in [9.17, 15) is 8.42 Å². The highest BCUT2D eigenvalue weighted by molar-refractivity contribution is 7.93. The molecule has 2 aromatic rings. The first-order valence-electron chi connectivity index (χ1n) is 10.8. The number of sulfonamides is 1. The van der Waals surface area contributed by atoms with Crippen molar-refractivity contribution in [3.05, 3.63) is 46.4 Å². The third-order valence-electron chi connectivity index (χ3n) is 5.28. The van der Waals surface area contributed by atoms with E-state index in [1.54, 1.807) is 39.1 Å². The lowest BCUT2D eigenvalue weighted by atomic mass is 10.0. The van der Waals surface area contributed by atoms with Crippen LogP contribution in [-0.4, -0.2) is 45.8 Å². The summed E-state index contributed by atoms with van der Waals surface area (Å²) in [5.41, 5.74) is 1.68. The average molecular weight is 469 g/mol. The van der Waals surface area contributed by atoms with Gasteiger partial charge in [-0.05, 0) is 39.7 Å². The van der Waals surface area contributed by atoms with Crippen molar-refractivity contribution in [1.82, 2.24) is 24.9 Å². The number of hydrogen-bond acceptors (Lipinski definition) is 7. The Bertz CT molecular complexity index is 1290. The molecule has 1 unspecified atom stereocenters. The number of aliphatic hydroxyl groups excluding tert-OH is 1. The minimum Gasteiger partial charge on any atom is -0.384 e. The summed E-state index contributed by atoms with van der Waals surface area (Å²) in [6.45, 7) is 6.93. The number of aliphatic hydroxyl groups is 1. The van der Waals surface area contributed by atoms with Crippen molar-refractivity contribution < 1.29 is 13.5 Å². The van der Waals surface area contributed by atoms with Crippen LogP contribution in [0.3, 0.4) is 0 Å². The second kappa shape index (κ2) is 8.74. The normalized spacial score (nSPS) is 18.4. The van der Waals surface area contributed by atoms with Crippen LogP contribution >= 0.6 is 0 Å². The zero-order chi connectivity index (χ0) is 23.8. The van der Waals surface area contributed by atoms with Gasteiger partial charge in [0.15, 0.2) is 17.5 Å². The Morgan fingerprint density at radius 3 is 2.70 bits per heavy atom. The van der Waals surface area contributed by atoms with E-state index in [2.05, 4.69) is 42.0 Å². The van der Waals surface area contributed by atoms with Gasteiger partial charge in [0.2, 0.25) is 10.0 Å². The van der Waals surface area contributed by atoms with Crippen molar-refractivity contribution in [2.45, 2.75) is 52.0 Å². The van der Waals surface area contributed by atoms with Gasteiger partial charge in [-0.25, -0.2) is 23.1 Å². The lowest BCUT2D eigenvalue weighted by molar-refractivity contribution is 0.350. The number of allylic oxidation sites excluding steroid dienone is 4. The van der Waals surface area contributed by atoms with Crippen molar-refractivity contribution in [3.63, 3.8) is 0 Å². The molecule has 174 valence electrons. The van der Waals surface area contributed by atoms with Crippen molar-refractivity contribution in [1.29, 1.82) is 0 Å². The van der Waals surface area contributed by atoms with Crippen LogP contribution in [0, 0.1) is 17.8 Å². The molecular formula is C23H28N6O3S. The number of nitrogens with one attached hydrogen (secondary N) is 3. The molecule has 33 heavy (non-hydrogen) atoms. The molecule has 4 N–H and O–H groups in total. The van der Waals surface area contributed by atoms with Gasteiger partial charge in [0, 0.05) is 40.9 Å². The highest BCUT2D eigenvalue weighted by Gasteiger charge is 2.33. The van der Waals surface area contributed by atoms with E-state index in [1.165, 1.54) is 0 Å². The van der Waals surface area contributed by atoms with Crippen LogP contribution in [-0.2, 0) is 10.0 Å². The lowest BCUT2D eigenvalue weighted by Crippen LogP contribution is -2.41. The summed E-state index contributed by atoms with van der Waals surface area (Å²) in [6, 6.07) is 1.95. The standard InChI is InChI=1S/C23H28N6O3S/c1-14-17(9-10-19(14)33(31,32)29-23(2,3)4)22-24-13-16(6-5-11-30)21(26-22)25-20-12-18(27-28-20)15-7-8-15/h9-10,12-15,29-30H,7-8,11H2,1-4H3,(H2,24,25,26,27,28). The Morgan fingerprint density at radius 2 is 2.03 bits per heavy atom. The van der Waals surface area contributed by atoms with Crippen LogP contribution < -0.4 is 10.0 Å². The van der Waals surface area contributed by atoms with Crippen molar-refractivity contribution >= 4 is 27.2 Å². The van der Waals surface area contributed by atoms with E-state index < -0.39 is 21.5 Å². The van der Waals surface area contributed by atoms with Crippen LogP contribution in [0.2, 0.25) is 0 Å². The Kier molecular flexibility index (Phi) is 6.14. The van der Waals surface area contributed by atoms with Gasteiger partial charge in [-0.1, -0.05) is 24.8 Å². The van der Waals surface area contributed by atoms with Crippen molar-refractivity contribution in [2.75, 3.05) is 11.9 Å². The molecule has 0 spiro atoms. The number of nitrogens with zero attached hydrogens (tertiary/aromatic N) is 3. The number of hydrogen-bond donors (Lipinski definition) is 4. The van der Waals surface area contributed by atoms with Crippen LogP contribution in [0.25, 0.3) is 5.57 Å². The summed E-state index contributed by atoms with van der Waals surface area (Å²) >= 11 is 0. The predicted molar refractivity (Wildman–Crippen MR) is 127 cm³/mol. The highest BCUT2D eigenvalue weighted by atomic mass is 32.2. The fraction of sp³-hybridized carbons (Fsp3) is 0.435. The summed E-state index contributed by atoms with van der Waals surface area (Å²) in [4.78, 5) is 9.33. The maximum Gasteiger partial charge on any atom is 0.237 e. The molecule has 0 aliphatic heterocycles. The molecule has 1 atom stereocenters. The van der Waals surface area contributed by atoms with Crippen molar-refractivity contribution in [2.24, 2.45) is 5.92 Å². The topological polar surface area (TPSA) is 133 Å². The maximum atomic E-state index is 12.9. The third kappa shape index (κ3) is 5.33. The second-order valence-electron chi connectivity index (χ2n) is 9.29. The molecule has 0 saturated heterocycles. The summed E-state index contributed by atoms with van der Waals surface area (Å²) < 4.78 is 28.4. The first-order chi connectivity index (χ1) is 15.6. The molecule has 2 aromatic heterocycles. The molecule has 2 aliphatic rings. The van der Waals surface area contributed by atoms with E-state index in [0.29, 0.717) is 34.5 Å². The molecular weight excluding hydrogens is 440 g/mol. The molecule has 1 saturated carbocycles. The smallest absolute Gasteiger partial charge is 0.237 e. The zero-order valence-electron chi connectivity index (χ0n) is 19.1. The van der Waals surface area contributed by atoms with Crippen LogP contribution in [0.1, 0.15) is 63.5 Å². The van der Waals surface area contributed by atoms with Crippen LogP contribution in [0.5, 0.6) is 0 Å². The number of aromatic nitrogens is 4. The van der Waals surface area contributed by atoms with Gasteiger partial charge in [-0.15, -0.1) is 0 Å². The summed E-state index contributed by atoms with van der Waals surface area (Å²) in [5.74, 6) is 7.02. The first-order valence-corrected chi connectivity index (χ1v) is 12.3. The Labute approximate surface area is 193 Å². The van der Waals surface area contributed by atoms with E-state index >= 15 is 0 Å². The first kappa shape index (κ1) is 23.2. The molecule has 10 heteroatoms. The van der Waals surface area contributed by atoms with Gasteiger partial charge in [-0.3, -0.25) is 5.10 Å². The summed E-state index contributed by atoms with van der Waals surface area (Å²) in [5, 5.41) is 19.6. The van der Waals surface area contributed by atoms with Crippen LogP contribution in [0.15, 0.2) is 29.3 Å². The molecule has 0 bridgehead atoms. The van der Waals surface area contributed by atoms with Gasteiger partial charge in [0.05, 0.1) is 10.5 Å². The van der Waals surface area contributed by atoms with E-state index in [1.807, 2.05) is 13.0 Å². The van der Waals surface area contributed by atoms with Crippen LogP contribution in [0.4, 0.5) is 11.6 Å². The molecule has 0 radical (unpaired) electrons. The van der Waals surface area contributed by atoms with E-state index in [-0.39, 0.29) is 11.5 Å². The molecule has 2 heterocycles. The second-order valence-corrected chi connectivity index (χ2v) is 11.0. The lowest BCUT2D eigenvalue weighted by Gasteiger charge is -2.23. The fourth-order valence-electron chi connectivity index (χ4n) is 3.63. The van der Waals surface area contributed by atoms with Gasteiger partial charge in [0.1, 0.15) is 6.61 Å². The quantitative estimate of drug-likeness (QED) is 0.479. The van der Waals surface area contributed by atoms with E-state index in [0.717, 1.165) is 18.5 Å². The van der Waals surface area contributed by atoms with Gasteiger partial charge in [0.25, 0.3) is 0 Å². The Hall–Kier alpha value is -3.00. The molecule has 0 amide bonds. The van der Waals surface area contributed by atoms with Gasteiger partial charge in [-0.2, -0.15) is 5.10 Å². The SMILES string of the molecule is CC1C(c2ncc(C#CCO)c(Nc3cc(C4CC4)[nH]n3)n2)=CC=C1S(=O)(=O)NC(C)(C)C. The summed E-state index contributed by atoms with van der Waals surface area (Å²) in [7, 11) is -3.66.